The molecule has 0 saturated carbocycles. The monoisotopic (exact) mass is 375 g/mol. The van der Waals surface area contributed by atoms with Gasteiger partial charge in [0.05, 0.1) is 11.6 Å². The molecule has 1 atom stereocenters. The van der Waals surface area contributed by atoms with Gasteiger partial charge in [-0.05, 0) is 18.6 Å². The van der Waals surface area contributed by atoms with Crippen molar-refractivity contribution in [1.29, 1.82) is 0 Å². The van der Waals surface area contributed by atoms with Crippen LogP contribution in [0.25, 0.3) is 20.7 Å². The summed E-state index contributed by atoms with van der Waals surface area (Å²) in [7, 11) is 0. The van der Waals surface area contributed by atoms with Crippen molar-refractivity contribution in [2.75, 3.05) is 6.54 Å². The Bertz CT molecular complexity index is 1100. The molecule has 0 unspecified atom stereocenters. The van der Waals surface area contributed by atoms with Crippen LogP contribution in [-0.2, 0) is 4.79 Å². The van der Waals surface area contributed by atoms with Crippen LogP contribution in [0.4, 0.5) is 0 Å². The molecule has 8 heteroatoms. The molecule has 1 amide bonds. The topological polar surface area (TPSA) is 84.0 Å². The third kappa shape index (κ3) is 2.79. The van der Waals surface area contributed by atoms with Crippen LogP contribution >= 0.6 is 22.9 Å². The fraction of sp³-hybridized carbons (Fsp3) is 0.235. The standard InChI is InChI=1S/C17H14ClN3O3S/c18-11-4-2-1-3-10(11)13-8-12-15(25-13)16(23)21(17(24)20-12)9-5-6-19-14(22)7-9/h1-4,8-9H,5-7H2,(H,19,22)(H,20,24)/t9-/m0/s1. The van der Waals surface area contributed by atoms with Crippen LogP contribution < -0.4 is 16.6 Å². The van der Waals surface area contributed by atoms with Gasteiger partial charge in [0.2, 0.25) is 5.91 Å². The summed E-state index contributed by atoms with van der Waals surface area (Å²) in [6.45, 7) is 0.461. The molecule has 0 spiro atoms. The number of halogens is 1. The van der Waals surface area contributed by atoms with Crippen molar-refractivity contribution in [3.8, 4) is 10.4 Å². The van der Waals surface area contributed by atoms with Gasteiger partial charge in [-0.15, -0.1) is 11.3 Å². The summed E-state index contributed by atoms with van der Waals surface area (Å²) in [5.74, 6) is -0.148. The lowest BCUT2D eigenvalue weighted by atomic mass is 10.1. The number of fused-ring (bicyclic) bond motifs is 1. The first-order valence-electron chi connectivity index (χ1n) is 7.84. The maximum Gasteiger partial charge on any atom is 0.329 e. The second-order valence-corrected chi connectivity index (χ2v) is 7.39. The quantitative estimate of drug-likeness (QED) is 0.721. The van der Waals surface area contributed by atoms with Crippen LogP contribution in [-0.4, -0.2) is 22.0 Å². The van der Waals surface area contributed by atoms with Crippen molar-refractivity contribution in [2.24, 2.45) is 0 Å². The highest BCUT2D eigenvalue weighted by Crippen LogP contribution is 2.35. The number of hydrogen-bond donors (Lipinski definition) is 2. The van der Waals surface area contributed by atoms with Gasteiger partial charge >= 0.3 is 5.69 Å². The highest BCUT2D eigenvalue weighted by molar-refractivity contribution is 7.22. The number of carbonyl (C=O) groups excluding carboxylic acids is 1. The summed E-state index contributed by atoms with van der Waals surface area (Å²) in [5.41, 5.74) is 0.461. The minimum atomic E-state index is -0.485. The summed E-state index contributed by atoms with van der Waals surface area (Å²) in [5, 5.41) is 3.30. The zero-order valence-electron chi connectivity index (χ0n) is 13.0. The number of rotatable bonds is 2. The average molecular weight is 376 g/mol. The van der Waals surface area contributed by atoms with Crippen LogP contribution in [0.15, 0.2) is 39.9 Å². The number of aromatic nitrogens is 2. The van der Waals surface area contributed by atoms with Gasteiger partial charge in [0.15, 0.2) is 0 Å². The van der Waals surface area contributed by atoms with Gasteiger partial charge in [-0.2, -0.15) is 0 Å². The molecule has 1 aliphatic rings. The van der Waals surface area contributed by atoms with Crippen molar-refractivity contribution < 1.29 is 4.79 Å². The number of carbonyl (C=O) groups is 1. The van der Waals surface area contributed by atoms with E-state index in [0.29, 0.717) is 28.2 Å². The van der Waals surface area contributed by atoms with E-state index in [0.717, 1.165) is 10.4 Å². The van der Waals surface area contributed by atoms with E-state index in [4.69, 9.17) is 11.6 Å². The zero-order chi connectivity index (χ0) is 17.6. The normalized spacial score (nSPS) is 17.6. The van der Waals surface area contributed by atoms with Gasteiger partial charge in [0.25, 0.3) is 5.56 Å². The molecule has 6 nitrogen and oxygen atoms in total. The Balaban J connectivity index is 1.88. The molecule has 1 fully saturated rings. The highest BCUT2D eigenvalue weighted by Gasteiger charge is 2.25. The molecule has 3 aromatic rings. The molecule has 4 rings (SSSR count). The van der Waals surface area contributed by atoms with Crippen molar-refractivity contribution in [3.63, 3.8) is 0 Å². The maximum atomic E-state index is 12.9. The summed E-state index contributed by atoms with van der Waals surface area (Å²) in [6, 6.07) is 8.70. The van der Waals surface area contributed by atoms with Crippen LogP contribution in [0.2, 0.25) is 5.02 Å². The molecule has 3 heterocycles. The number of aromatic amines is 1. The summed E-state index contributed by atoms with van der Waals surface area (Å²) in [4.78, 5) is 40.5. The molecule has 25 heavy (non-hydrogen) atoms. The van der Waals surface area contributed by atoms with E-state index in [2.05, 4.69) is 10.3 Å². The molecule has 2 N–H and O–H groups in total. The number of thiophene rings is 1. The molecule has 0 aliphatic carbocycles. The zero-order valence-corrected chi connectivity index (χ0v) is 14.6. The largest absolute Gasteiger partial charge is 0.356 e. The number of amides is 1. The Morgan fingerprint density at radius 2 is 2.00 bits per heavy atom. The van der Waals surface area contributed by atoms with E-state index < -0.39 is 11.7 Å². The summed E-state index contributed by atoms with van der Waals surface area (Å²) < 4.78 is 1.63. The Kier molecular flexibility index (Phi) is 3.97. The van der Waals surface area contributed by atoms with E-state index in [1.807, 2.05) is 18.2 Å². The minimum absolute atomic E-state index is 0.136. The van der Waals surface area contributed by atoms with Crippen LogP contribution in [0.3, 0.4) is 0 Å². The predicted molar refractivity (Wildman–Crippen MR) is 98.4 cm³/mol. The first kappa shape index (κ1) is 16.1. The fourth-order valence-electron chi connectivity index (χ4n) is 3.13. The van der Waals surface area contributed by atoms with Crippen LogP contribution in [0.5, 0.6) is 0 Å². The van der Waals surface area contributed by atoms with E-state index in [1.54, 1.807) is 12.1 Å². The van der Waals surface area contributed by atoms with E-state index in [9.17, 15) is 14.4 Å². The van der Waals surface area contributed by atoms with Crippen LogP contribution in [0, 0.1) is 0 Å². The molecular weight excluding hydrogens is 362 g/mol. The van der Waals surface area contributed by atoms with E-state index in [1.165, 1.54) is 15.9 Å². The van der Waals surface area contributed by atoms with Gasteiger partial charge in [-0.3, -0.25) is 14.2 Å². The number of piperidine rings is 1. The highest BCUT2D eigenvalue weighted by atomic mass is 35.5. The van der Waals surface area contributed by atoms with Gasteiger partial charge in [-0.1, -0.05) is 29.8 Å². The first-order valence-corrected chi connectivity index (χ1v) is 9.04. The molecule has 1 aliphatic heterocycles. The van der Waals surface area contributed by atoms with Gasteiger partial charge in [0.1, 0.15) is 4.70 Å². The SMILES string of the molecule is O=C1C[C@@H](n2c(=O)[nH]c3cc(-c4ccccc4Cl)sc3c2=O)CCN1. The Morgan fingerprint density at radius 1 is 1.20 bits per heavy atom. The van der Waals surface area contributed by atoms with E-state index in [-0.39, 0.29) is 17.9 Å². The lowest BCUT2D eigenvalue weighted by Gasteiger charge is -2.23. The molecule has 0 bridgehead atoms. The van der Waals surface area contributed by atoms with Crippen molar-refractivity contribution in [1.82, 2.24) is 14.9 Å². The number of nitrogens with one attached hydrogen (secondary N) is 2. The number of H-pyrrole nitrogens is 1. The lowest BCUT2D eigenvalue weighted by Crippen LogP contribution is -2.43. The summed E-state index contributed by atoms with van der Waals surface area (Å²) in [6.07, 6.45) is 0.695. The fourth-order valence-corrected chi connectivity index (χ4v) is 4.52. The second-order valence-electron chi connectivity index (χ2n) is 5.94. The van der Waals surface area contributed by atoms with Gasteiger partial charge in [0, 0.05) is 28.4 Å². The number of nitrogens with zero attached hydrogens (tertiary/aromatic N) is 1. The van der Waals surface area contributed by atoms with Gasteiger partial charge in [-0.25, -0.2) is 4.79 Å². The average Bonchev–Trinajstić information content (AvgIpc) is 2.99. The van der Waals surface area contributed by atoms with Crippen molar-refractivity contribution in [2.45, 2.75) is 18.9 Å². The molecule has 2 aromatic heterocycles. The Labute approximate surface area is 151 Å². The maximum absolute atomic E-state index is 12.9. The molecule has 1 aromatic carbocycles. The molecular formula is C17H14ClN3O3S. The first-order chi connectivity index (χ1) is 12.0. The predicted octanol–water partition coefficient (Wildman–Crippen LogP) is 2.52. The number of benzene rings is 1. The Morgan fingerprint density at radius 3 is 2.76 bits per heavy atom. The summed E-state index contributed by atoms with van der Waals surface area (Å²) >= 11 is 7.52. The third-order valence-electron chi connectivity index (χ3n) is 4.33. The molecule has 0 radical (unpaired) electrons. The van der Waals surface area contributed by atoms with Crippen molar-refractivity contribution in [3.05, 3.63) is 56.2 Å². The van der Waals surface area contributed by atoms with Gasteiger partial charge < -0.3 is 10.3 Å². The van der Waals surface area contributed by atoms with Crippen molar-refractivity contribution >= 4 is 39.1 Å². The second kappa shape index (κ2) is 6.16. The lowest BCUT2D eigenvalue weighted by molar-refractivity contribution is -0.123. The number of hydrogen-bond acceptors (Lipinski definition) is 4. The third-order valence-corrected chi connectivity index (χ3v) is 5.82. The van der Waals surface area contributed by atoms with E-state index >= 15 is 0 Å². The van der Waals surface area contributed by atoms with Crippen LogP contribution in [0.1, 0.15) is 18.9 Å². The molecule has 1 saturated heterocycles. The minimum Gasteiger partial charge on any atom is -0.356 e. The molecule has 128 valence electrons. The smallest absolute Gasteiger partial charge is 0.329 e. The Hall–Kier alpha value is -2.38.